The zero-order valence-electron chi connectivity index (χ0n) is 9.71. The number of sulfonamides is 1. The molecular weight excluding hydrogens is 274 g/mol. The van der Waals surface area contributed by atoms with Gasteiger partial charge in [-0.15, -0.1) is 11.3 Å². The van der Waals surface area contributed by atoms with Crippen LogP contribution in [0.4, 0.5) is 0 Å². The highest BCUT2D eigenvalue weighted by Gasteiger charge is 2.22. The third-order valence-electron chi connectivity index (χ3n) is 2.38. The third kappa shape index (κ3) is 2.61. The summed E-state index contributed by atoms with van der Waals surface area (Å²) in [5.41, 5.74) is 6.77. The van der Waals surface area contributed by atoms with Gasteiger partial charge < -0.3 is 10.3 Å². The van der Waals surface area contributed by atoms with E-state index in [-0.39, 0.29) is 18.0 Å². The molecule has 98 valence electrons. The van der Waals surface area contributed by atoms with Crippen molar-refractivity contribution in [3.05, 3.63) is 33.8 Å². The summed E-state index contributed by atoms with van der Waals surface area (Å²) in [5.74, 6) is 0. The summed E-state index contributed by atoms with van der Waals surface area (Å²) in [6, 6.07) is 1.60. The summed E-state index contributed by atoms with van der Waals surface area (Å²) in [7, 11) is -3.57. The molecule has 2 aromatic heterocycles. The number of nitrogens with one attached hydrogen (secondary N) is 1. The molecule has 0 aromatic carbocycles. The van der Waals surface area contributed by atoms with Crippen LogP contribution in [-0.2, 0) is 23.1 Å². The molecule has 2 aromatic rings. The molecule has 0 bridgehead atoms. The number of rotatable bonds is 5. The van der Waals surface area contributed by atoms with Gasteiger partial charge in [0.1, 0.15) is 11.2 Å². The summed E-state index contributed by atoms with van der Waals surface area (Å²) in [6.07, 6.45) is 1.39. The number of nitrogens with zero attached hydrogens (tertiary/aromatic N) is 1. The van der Waals surface area contributed by atoms with Crippen molar-refractivity contribution in [2.24, 2.45) is 5.73 Å². The molecule has 6 nitrogen and oxygen atoms in total. The first kappa shape index (κ1) is 13.2. The number of hydrogen-bond acceptors (Lipinski definition) is 6. The lowest BCUT2D eigenvalue weighted by Gasteiger charge is -2.06. The van der Waals surface area contributed by atoms with Gasteiger partial charge in [-0.05, 0) is 17.9 Å². The largest absolute Gasteiger partial charge is 0.364 e. The molecule has 18 heavy (non-hydrogen) atoms. The van der Waals surface area contributed by atoms with Gasteiger partial charge in [-0.3, -0.25) is 0 Å². The highest BCUT2D eigenvalue weighted by Crippen LogP contribution is 2.26. The molecule has 0 radical (unpaired) electrons. The summed E-state index contributed by atoms with van der Waals surface area (Å²) < 4.78 is 31.5. The molecule has 0 amide bonds. The molecule has 0 fully saturated rings. The number of nitrogens with two attached hydrogens (primary N) is 1. The van der Waals surface area contributed by atoms with E-state index < -0.39 is 10.0 Å². The van der Waals surface area contributed by atoms with Crippen molar-refractivity contribution < 1.29 is 12.9 Å². The summed E-state index contributed by atoms with van der Waals surface area (Å²) in [5, 5.41) is 5.43. The molecule has 3 N–H and O–H groups in total. The maximum absolute atomic E-state index is 12.2. The lowest BCUT2D eigenvalue weighted by Crippen LogP contribution is -2.24. The molecule has 0 aliphatic rings. The van der Waals surface area contributed by atoms with Crippen LogP contribution in [0.2, 0.25) is 0 Å². The van der Waals surface area contributed by atoms with Crippen molar-refractivity contribution in [3.63, 3.8) is 0 Å². The average Bonchev–Trinajstić information content (AvgIpc) is 2.95. The number of aryl methyl sites for hydroxylation is 1. The number of aromatic nitrogens is 1. The number of thiophene rings is 1. The van der Waals surface area contributed by atoms with Crippen LogP contribution in [-0.4, -0.2) is 13.6 Å². The van der Waals surface area contributed by atoms with Crippen molar-refractivity contribution in [2.75, 3.05) is 0 Å². The molecule has 0 atom stereocenters. The van der Waals surface area contributed by atoms with E-state index >= 15 is 0 Å². The average molecular weight is 287 g/mol. The second-order valence-corrected chi connectivity index (χ2v) is 6.36. The number of hydrogen-bond donors (Lipinski definition) is 2. The van der Waals surface area contributed by atoms with Gasteiger partial charge in [-0.2, -0.15) is 0 Å². The molecular formula is C10H13N3O3S2. The van der Waals surface area contributed by atoms with Gasteiger partial charge in [0.25, 0.3) is 0 Å². The van der Waals surface area contributed by atoms with E-state index in [2.05, 4.69) is 14.4 Å². The van der Waals surface area contributed by atoms with Crippen molar-refractivity contribution in [1.29, 1.82) is 0 Å². The van der Waals surface area contributed by atoms with E-state index in [0.717, 1.165) is 0 Å². The normalized spacial score (nSPS) is 11.9. The predicted molar refractivity (Wildman–Crippen MR) is 67.5 cm³/mol. The second-order valence-electron chi connectivity index (χ2n) is 3.69. The van der Waals surface area contributed by atoms with Crippen LogP contribution >= 0.6 is 11.3 Å². The lowest BCUT2D eigenvalue weighted by molar-refractivity contribution is 0.411. The van der Waals surface area contributed by atoms with Gasteiger partial charge in [0.05, 0.1) is 12.2 Å². The Morgan fingerprint density at radius 3 is 2.94 bits per heavy atom. The van der Waals surface area contributed by atoms with Crippen LogP contribution in [0.15, 0.2) is 27.1 Å². The molecule has 0 aliphatic heterocycles. The molecule has 2 heterocycles. The molecule has 8 heteroatoms. The molecule has 0 unspecified atom stereocenters. The molecule has 0 spiro atoms. The SMILES string of the molecule is Cc1csc(CN)c1S(=O)(=O)NCc1ccon1. The molecule has 0 saturated heterocycles. The molecule has 0 saturated carbocycles. The zero-order valence-corrected chi connectivity index (χ0v) is 11.3. The van der Waals surface area contributed by atoms with E-state index in [9.17, 15) is 8.42 Å². The first-order chi connectivity index (χ1) is 8.54. The van der Waals surface area contributed by atoms with E-state index in [1.807, 2.05) is 0 Å². The fourth-order valence-corrected chi connectivity index (χ4v) is 4.26. The second kappa shape index (κ2) is 5.19. The van der Waals surface area contributed by atoms with Gasteiger partial charge in [0, 0.05) is 17.5 Å². The van der Waals surface area contributed by atoms with Gasteiger partial charge in [0.2, 0.25) is 10.0 Å². The van der Waals surface area contributed by atoms with E-state index in [1.54, 1.807) is 18.4 Å². The Kier molecular flexibility index (Phi) is 3.81. The third-order valence-corrected chi connectivity index (χ3v) is 5.26. The van der Waals surface area contributed by atoms with Crippen molar-refractivity contribution >= 4 is 21.4 Å². The van der Waals surface area contributed by atoms with Crippen LogP contribution in [0.3, 0.4) is 0 Å². The minimum absolute atomic E-state index is 0.0954. The van der Waals surface area contributed by atoms with Gasteiger partial charge >= 0.3 is 0 Å². The Bertz CT molecular complexity index is 617. The van der Waals surface area contributed by atoms with Crippen LogP contribution in [0.1, 0.15) is 16.1 Å². The molecule has 2 rings (SSSR count). The first-order valence-electron chi connectivity index (χ1n) is 5.20. The van der Waals surface area contributed by atoms with Crippen LogP contribution in [0.5, 0.6) is 0 Å². The predicted octanol–water partition coefficient (Wildman–Crippen LogP) is 0.982. The van der Waals surface area contributed by atoms with Crippen LogP contribution in [0.25, 0.3) is 0 Å². The fraction of sp³-hybridized carbons (Fsp3) is 0.300. The van der Waals surface area contributed by atoms with Gasteiger partial charge in [-0.25, -0.2) is 13.1 Å². The highest BCUT2D eigenvalue weighted by atomic mass is 32.2. The maximum atomic E-state index is 12.2. The standard InChI is InChI=1S/C10H13N3O3S2/c1-7-6-17-9(4-11)10(7)18(14,15)12-5-8-2-3-16-13-8/h2-3,6,12H,4-5,11H2,1H3. The highest BCUT2D eigenvalue weighted by molar-refractivity contribution is 7.89. The smallest absolute Gasteiger partial charge is 0.242 e. The quantitative estimate of drug-likeness (QED) is 0.854. The Morgan fingerprint density at radius 2 is 2.33 bits per heavy atom. The Hall–Kier alpha value is -1.22. The van der Waals surface area contributed by atoms with Gasteiger partial charge in [0.15, 0.2) is 0 Å². The lowest BCUT2D eigenvalue weighted by atomic mass is 10.3. The van der Waals surface area contributed by atoms with Crippen molar-refractivity contribution in [1.82, 2.24) is 9.88 Å². The first-order valence-corrected chi connectivity index (χ1v) is 7.57. The van der Waals surface area contributed by atoms with E-state index in [0.29, 0.717) is 16.1 Å². The minimum Gasteiger partial charge on any atom is -0.364 e. The maximum Gasteiger partial charge on any atom is 0.242 e. The summed E-state index contributed by atoms with van der Waals surface area (Å²) >= 11 is 1.35. The van der Waals surface area contributed by atoms with E-state index in [1.165, 1.54) is 17.6 Å². The zero-order chi connectivity index (χ0) is 13.2. The Labute approximate surface area is 109 Å². The van der Waals surface area contributed by atoms with Crippen LogP contribution in [0, 0.1) is 6.92 Å². The fourth-order valence-electron chi connectivity index (χ4n) is 1.56. The van der Waals surface area contributed by atoms with Crippen molar-refractivity contribution in [3.8, 4) is 0 Å². The summed E-state index contributed by atoms with van der Waals surface area (Å²) in [6.45, 7) is 2.05. The molecule has 0 aliphatic carbocycles. The van der Waals surface area contributed by atoms with Crippen molar-refractivity contribution in [2.45, 2.75) is 24.9 Å². The monoisotopic (exact) mass is 287 g/mol. The van der Waals surface area contributed by atoms with E-state index in [4.69, 9.17) is 5.73 Å². The van der Waals surface area contributed by atoms with Crippen LogP contribution < -0.4 is 10.5 Å². The van der Waals surface area contributed by atoms with Gasteiger partial charge in [-0.1, -0.05) is 5.16 Å². The topological polar surface area (TPSA) is 98.2 Å². The Morgan fingerprint density at radius 1 is 1.56 bits per heavy atom. The summed E-state index contributed by atoms with van der Waals surface area (Å²) in [4.78, 5) is 0.929. The minimum atomic E-state index is -3.57. The Balaban J connectivity index is 2.22.